The van der Waals surface area contributed by atoms with Crippen molar-refractivity contribution in [1.29, 1.82) is 0 Å². The molecule has 0 unspecified atom stereocenters. The summed E-state index contributed by atoms with van der Waals surface area (Å²) >= 11 is 5.48. The molecule has 9 heteroatoms. The molecule has 2 aromatic rings. The number of aromatic hydroxyl groups is 1. The molecule has 1 aromatic carbocycles. The van der Waals surface area contributed by atoms with Crippen LogP contribution < -0.4 is 5.32 Å². The Labute approximate surface area is 115 Å². The molecule has 20 heavy (non-hydrogen) atoms. The van der Waals surface area contributed by atoms with Crippen LogP contribution in [-0.2, 0) is 0 Å². The summed E-state index contributed by atoms with van der Waals surface area (Å²) in [4.78, 5) is 18.9. The second-order valence-electron chi connectivity index (χ2n) is 3.56. The second kappa shape index (κ2) is 5.33. The fraction of sp³-hybridized carbons (Fsp3) is 0. The van der Waals surface area contributed by atoms with E-state index < -0.39 is 34.7 Å². The lowest BCUT2D eigenvalue weighted by molar-refractivity contribution is 0.102. The molecule has 0 bridgehead atoms. The normalized spacial score (nSPS) is 10.4. The SMILES string of the molecule is O=C(Nc1cnc(Cl)cn1)c1cc(F)c(F)c(O)c1F. The number of phenols is 1. The molecule has 2 N–H and O–H groups in total. The van der Waals surface area contributed by atoms with Gasteiger partial charge in [0, 0.05) is 0 Å². The number of hydrogen-bond acceptors (Lipinski definition) is 4. The van der Waals surface area contributed by atoms with Crippen LogP contribution >= 0.6 is 11.6 Å². The van der Waals surface area contributed by atoms with Gasteiger partial charge in [0.15, 0.2) is 23.2 Å². The molecular weight excluding hydrogens is 299 g/mol. The third-order valence-corrected chi connectivity index (χ3v) is 2.43. The molecule has 0 radical (unpaired) electrons. The Morgan fingerprint density at radius 2 is 1.90 bits per heavy atom. The molecule has 1 aromatic heterocycles. The molecule has 0 aliphatic heterocycles. The monoisotopic (exact) mass is 303 g/mol. The maximum absolute atomic E-state index is 13.5. The van der Waals surface area contributed by atoms with E-state index in [9.17, 15) is 18.0 Å². The summed E-state index contributed by atoms with van der Waals surface area (Å²) in [5.41, 5.74) is -0.877. The van der Waals surface area contributed by atoms with Crippen molar-refractivity contribution in [3.8, 4) is 5.75 Å². The maximum Gasteiger partial charge on any atom is 0.260 e. The van der Waals surface area contributed by atoms with E-state index in [2.05, 4.69) is 15.3 Å². The van der Waals surface area contributed by atoms with Crippen molar-refractivity contribution in [1.82, 2.24) is 9.97 Å². The summed E-state index contributed by atoms with van der Waals surface area (Å²) < 4.78 is 39.4. The molecule has 1 amide bonds. The molecule has 1 heterocycles. The molecule has 2 rings (SSSR count). The van der Waals surface area contributed by atoms with Gasteiger partial charge in [-0.05, 0) is 6.07 Å². The number of hydrogen-bond donors (Lipinski definition) is 2. The summed E-state index contributed by atoms with van der Waals surface area (Å²) in [5, 5.41) is 11.2. The number of carbonyl (C=O) groups excluding carboxylic acids is 1. The molecule has 0 fully saturated rings. The Morgan fingerprint density at radius 1 is 1.20 bits per heavy atom. The van der Waals surface area contributed by atoms with Gasteiger partial charge < -0.3 is 10.4 Å². The number of phenolic OH excluding ortho intramolecular Hbond substituents is 1. The molecule has 0 atom stereocenters. The van der Waals surface area contributed by atoms with Crippen LogP contribution in [0.2, 0.25) is 5.15 Å². The van der Waals surface area contributed by atoms with E-state index in [1.807, 2.05) is 0 Å². The Bertz CT molecular complexity index is 680. The minimum atomic E-state index is -1.77. The van der Waals surface area contributed by atoms with Crippen LogP contribution in [0, 0.1) is 17.5 Å². The van der Waals surface area contributed by atoms with Crippen LogP contribution in [0.25, 0.3) is 0 Å². The average Bonchev–Trinajstić information content (AvgIpc) is 2.43. The quantitative estimate of drug-likeness (QED) is 0.836. The summed E-state index contributed by atoms with van der Waals surface area (Å²) in [7, 11) is 0. The largest absolute Gasteiger partial charge is 0.503 e. The van der Waals surface area contributed by atoms with Gasteiger partial charge in [0.1, 0.15) is 5.15 Å². The third kappa shape index (κ3) is 2.64. The minimum absolute atomic E-state index is 0.0691. The standard InChI is InChI=1S/C11H5ClF3N3O2/c12-6-2-17-7(3-16-6)18-11(20)4-1-5(13)9(15)10(19)8(4)14/h1-3,19H,(H,17,18,20). The highest BCUT2D eigenvalue weighted by Gasteiger charge is 2.22. The molecule has 0 saturated carbocycles. The first kappa shape index (κ1) is 14.1. The van der Waals surface area contributed by atoms with Gasteiger partial charge in [-0.2, -0.15) is 4.39 Å². The first-order valence-electron chi connectivity index (χ1n) is 5.05. The average molecular weight is 304 g/mol. The number of aromatic nitrogens is 2. The van der Waals surface area contributed by atoms with E-state index in [1.54, 1.807) is 0 Å². The van der Waals surface area contributed by atoms with Crippen LogP contribution in [0.15, 0.2) is 18.5 Å². The van der Waals surface area contributed by atoms with E-state index in [0.717, 1.165) is 12.4 Å². The predicted octanol–water partition coefficient (Wildman–Crippen LogP) is 2.51. The summed E-state index contributed by atoms with van der Waals surface area (Å²) in [6, 6.07) is 0.322. The number of benzene rings is 1. The molecule has 5 nitrogen and oxygen atoms in total. The molecule has 0 aliphatic rings. The number of anilines is 1. The van der Waals surface area contributed by atoms with Crippen molar-refractivity contribution >= 4 is 23.3 Å². The number of nitrogens with zero attached hydrogens (tertiary/aromatic N) is 2. The molecule has 104 valence electrons. The third-order valence-electron chi connectivity index (χ3n) is 2.24. The Hall–Kier alpha value is -2.35. The van der Waals surface area contributed by atoms with Crippen LogP contribution in [0.3, 0.4) is 0 Å². The van der Waals surface area contributed by atoms with Gasteiger partial charge >= 0.3 is 0 Å². The zero-order valence-electron chi connectivity index (χ0n) is 9.49. The Morgan fingerprint density at radius 3 is 2.50 bits per heavy atom. The maximum atomic E-state index is 13.5. The van der Waals surface area contributed by atoms with Crippen molar-refractivity contribution in [3.63, 3.8) is 0 Å². The number of halogens is 4. The summed E-state index contributed by atoms with van der Waals surface area (Å²) in [6.45, 7) is 0. The van der Waals surface area contributed by atoms with E-state index in [1.165, 1.54) is 0 Å². The van der Waals surface area contributed by atoms with Gasteiger partial charge in [0.2, 0.25) is 5.82 Å². The van der Waals surface area contributed by atoms with Crippen LogP contribution in [-0.4, -0.2) is 21.0 Å². The highest BCUT2D eigenvalue weighted by Crippen LogP contribution is 2.26. The topological polar surface area (TPSA) is 75.1 Å². The first-order chi connectivity index (χ1) is 9.40. The summed E-state index contributed by atoms with van der Waals surface area (Å²) in [5.74, 6) is -7.70. The predicted molar refractivity (Wildman–Crippen MR) is 63.0 cm³/mol. The van der Waals surface area contributed by atoms with Crippen molar-refractivity contribution < 1.29 is 23.1 Å². The van der Waals surface area contributed by atoms with Crippen molar-refractivity contribution in [2.45, 2.75) is 0 Å². The lowest BCUT2D eigenvalue weighted by Crippen LogP contribution is -2.16. The number of nitrogens with one attached hydrogen (secondary N) is 1. The molecular formula is C11H5ClF3N3O2. The molecule has 0 saturated heterocycles. The minimum Gasteiger partial charge on any atom is -0.503 e. The Kier molecular flexibility index (Phi) is 3.75. The van der Waals surface area contributed by atoms with Crippen LogP contribution in [0.1, 0.15) is 10.4 Å². The zero-order valence-corrected chi connectivity index (χ0v) is 10.2. The fourth-order valence-corrected chi connectivity index (χ4v) is 1.41. The van der Waals surface area contributed by atoms with Gasteiger partial charge in [0.05, 0.1) is 18.0 Å². The van der Waals surface area contributed by atoms with Crippen LogP contribution in [0.4, 0.5) is 19.0 Å². The van der Waals surface area contributed by atoms with Crippen molar-refractivity contribution in [2.75, 3.05) is 5.32 Å². The van der Waals surface area contributed by atoms with E-state index in [4.69, 9.17) is 16.7 Å². The van der Waals surface area contributed by atoms with Crippen LogP contribution in [0.5, 0.6) is 5.75 Å². The number of carbonyl (C=O) groups is 1. The van der Waals surface area contributed by atoms with Gasteiger partial charge in [-0.25, -0.2) is 18.7 Å². The van der Waals surface area contributed by atoms with Gasteiger partial charge in [-0.3, -0.25) is 4.79 Å². The zero-order chi connectivity index (χ0) is 14.9. The van der Waals surface area contributed by atoms with Gasteiger partial charge in [-0.15, -0.1) is 0 Å². The summed E-state index contributed by atoms with van der Waals surface area (Å²) in [6.07, 6.45) is 2.20. The number of rotatable bonds is 2. The number of amides is 1. The van der Waals surface area contributed by atoms with Gasteiger partial charge in [0.25, 0.3) is 5.91 Å². The highest BCUT2D eigenvalue weighted by molar-refractivity contribution is 6.29. The van der Waals surface area contributed by atoms with Gasteiger partial charge in [-0.1, -0.05) is 11.6 Å². The Balaban J connectivity index is 2.32. The van der Waals surface area contributed by atoms with E-state index >= 15 is 0 Å². The van der Waals surface area contributed by atoms with Crippen molar-refractivity contribution in [3.05, 3.63) is 46.6 Å². The molecule has 0 spiro atoms. The molecule has 0 aliphatic carbocycles. The fourth-order valence-electron chi connectivity index (χ4n) is 1.32. The lowest BCUT2D eigenvalue weighted by Gasteiger charge is -2.07. The smallest absolute Gasteiger partial charge is 0.260 e. The van der Waals surface area contributed by atoms with E-state index in [-0.39, 0.29) is 11.0 Å². The van der Waals surface area contributed by atoms with Crippen molar-refractivity contribution in [2.24, 2.45) is 0 Å². The highest BCUT2D eigenvalue weighted by atomic mass is 35.5. The first-order valence-corrected chi connectivity index (χ1v) is 5.43. The second-order valence-corrected chi connectivity index (χ2v) is 3.95. The van der Waals surface area contributed by atoms with E-state index in [0.29, 0.717) is 6.07 Å². The lowest BCUT2D eigenvalue weighted by atomic mass is 10.1.